The topological polar surface area (TPSA) is 88.9 Å². The lowest BCUT2D eigenvalue weighted by molar-refractivity contribution is -0.384. The fourth-order valence-corrected chi connectivity index (χ4v) is 4.77. The average Bonchev–Trinajstić information content (AvgIpc) is 3.09. The van der Waals surface area contributed by atoms with Crippen LogP contribution in [0.25, 0.3) is 21.3 Å². The monoisotopic (exact) mass is 459 g/mol. The molecule has 0 aliphatic carbocycles. The van der Waals surface area contributed by atoms with E-state index >= 15 is 0 Å². The second-order valence-electron chi connectivity index (χ2n) is 6.68. The lowest BCUT2D eigenvalue weighted by Gasteiger charge is -2.06. The van der Waals surface area contributed by atoms with E-state index in [4.69, 9.17) is 23.2 Å². The molecule has 0 aliphatic heterocycles. The van der Waals surface area contributed by atoms with Gasteiger partial charge < -0.3 is 4.98 Å². The number of H-pyrrole nitrogens is 1. The largest absolute Gasteiger partial charge is 0.310 e. The maximum Gasteiger partial charge on any atom is 0.269 e. The molecule has 152 valence electrons. The van der Waals surface area contributed by atoms with E-state index in [9.17, 15) is 14.9 Å². The highest BCUT2D eigenvalue weighted by molar-refractivity contribution is 7.19. The molecule has 0 aliphatic rings. The summed E-state index contributed by atoms with van der Waals surface area (Å²) in [4.78, 5) is 32.5. The third-order valence-corrected chi connectivity index (χ3v) is 6.70. The summed E-state index contributed by atoms with van der Waals surface area (Å²) >= 11 is 13.7. The summed E-state index contributed by atoms with van der Waals surface area (Å²) in [5.74, 6) is 0.506. The number of rotatable bonds is 5. The van der Waals surface area contributed by atoms with Gasteiger partial charge in [0, 0.05) is 29.0 Å². The molecule has 0 atom stereocenters. The molecule has 0 fully saturated rings. The van der Waals surface area contributed by atoms with Crippen molar-refractivity contribution >= 4 is 50.4 Å². The Bertz CT molecular complexity index is 1330. The van der Waals surface area contributed by atoms with Crippen LogP contribution in [0.1, 0.15) is 23.2 Å². The summed E-state index contributed by atoms with van der Waals surface area (Å²) in [6.45, 7) is 2.03. The van der Waals surface area contributed by atoms with Gasteiger partial charge in [0.2, 0.25) is 0 Å². The van der Waals surface area contributed by atoms with Crippen LogP contribution in [0, 0.1) is 10.1 Å². The van der Waals surface area contributed by atoms with Crippen LogP contribution in [0.2, 0.25) is 10.0 Å². The first-order valence-corrected chi connectivity index (χ1v) is 10.7. The SMILES string of the molecule is CCc1sc2nc(Cc3ccc([N+](=O)[O-])cc3)[nH]c(=O)c2c1-c1ccc(Cl)c(Cl)c1. The molecule has 0 spiro atoms. The molecule has 30 heavy (non-hydrogen) atoms. The van der Waals surface area contributed by atoms with Crippen molar-refractivity contribution in [3.05, 3.63) is 89.2 Å². The molecular formula is C21H15Cl2N3O3S. The van der Waals surface area contributed by atoms with E-state index in [1.807, 2.05) is 13.0 Å². The number of nitrogens with one attached hydrogen (secondary N) is 1. The number of aromatic amines is 1. The minimum Gasteiger partial charge on any atom is -0.310 e. The Morgan fingerprint density at radius 2 is 1.87 bits per heavy atom. The number of hydrogen-bond acceptors (Lipinski definition) is 5. The molecule has 0 bridgehead atoms. The van der Waals surface area contributed by atoms with Crippen LogP contribution in [-0.2, 0) is 12.8 Å². The van der Waals surface area contributed by atoms with Gasteiger partial charge in [0.25, 0.3) is 11.2 Å². The Kier molecular flexibility index (Phi) is 5.60. The van der Waals surface area contributed by atoms with Gasteiger partial charge >= 0.3 is 0 Å². The first-order valence-electron chi connectivity index (χ1n) is 9.10. The summed E-state index contributed by atoms with van der Waals surface area (Å²) in [6, 6.07) is 11.5. The van der Waals surface area contributed by atoms with Crippen molar-refractivity contribution in [2.45, 2.75) is 19.8 Å². The zero-order valence-corrected chi connectivity index (χ0v) is 18.1. The number of nitro groups is 1. The summed E-state index contributed by atoms with van der Waals surface area (Å²) in [5, 5.41) is 12.2. The second-order valence-corrected chi connectivity index (χ2v) is 8.57. The summed E-state index contributed by atoms with van der Waals surface area (Å²) in [5.41, 5.74) is 2.26. The Morgan fingerprint density at radius 3 is 2.50 bits per heavy atom. The fourth-order valence-electron chi connectivity index (χ4n) is 3.32. The van der Waals surface area contributed by atoms with Crippen LogP contribution in [0.4, 0.5) is 5.69 Å². The van der Waals surface area contributed by atoms with E-state index in [2.05, 4.69) is 9.97 Å². The van der Waals surface area contributed by atoms with Gasteiger partial charge in [-0.25, -0.2) is 4.98 Å². The first-order chi connectivity index (χ1) is 14.4. The second kappa shape index (κ2) is 8.18. The number of fused-ring (bicyclic) bond motifs is 1. The van der Waals surface area contributed by atoms with Gasteiger partial charge in [0.1, 0.15) is 10.7 Å². The van der Waals surface area contributed by atoms with Crippen molar-refractivity contribution in [1.82, 2.24) is 9.97 Å². The molecule has 0 unspecified atom stereocenters. The van der Waals surface area contributed by atoms with Crippen LogP contribution >= 0.6 is 34.5 Å². The summed E-state index contributed by atoms with van der Waals surface area (Å²) in [7, 11) is 0. The molecule has 0 amide bonds. The number of aryl methyl sites for hydroxylation is 1. The van der Waals surface area contributed by atoms with Crippen LogP contribution < -0.4 is 5.56 Å². The molecule has 1 N–H and O–H groups in total. The van der Waals surface area contributed by atoms with Gasteiger partial charge in [0.15, 0.2) is 0 Å². The molecule has 0 radical (unpaired) electrons. The molecule has 2 aromatic heterocycles. The minimum absolute atomic E-state index is 0.0211. The van der Waals surface area contributed by atoms with Crippen molar-refractivity contribution in [2.75, 3.05) is 0 Å². The predicted molar refractivity (Wildman–Crippen MR) is 121 cm³/mol. The number of nitrogens with zero attached hydrogens (tertiary/aromatic N) is 2. The highest BCUT2D eigenvalue weighted by atomic mass is 35.5. The zero-order chi connectivity index (χ0) is 21.4. The number of hydrogen-bond donors (Lipinski definition) is 1. The Labute approximate surface area is 185 Å². The summed E-state index contributed by atoms with van der Waals surface area (Å²) < 4.78 is 0. The predicted octanol–water partition coefficient (Wildman–Crippen LogP) is 6.02. The number of halogens is 2. The van der Waals surface area contributed by atoms with Gasteiger partial charge in [0.05, 0.1) is 20.4 Å². The molecule has 4 rings (SSSR count). The lowest BCUT2D eigenvalue weighted by atomic mass is 10.0. The first kappa shape index (κ1) is 20.5. The highest BCUT2D eigenvalue weighted by Crippen LogP contribution is 2.38. The molecule has 4 aromatic rings. The van der Waals surface area contributed by atoms with E-state index in [1.54, 1.807) is 24.3 Å². The Hall–Kier alpha value is -2.74. The smallest absolute Gasteiger partial charge is 0.269 e. The number of nitro benzene ring substituents is 1. The molecule has 9 heteroatoms. The fraction of sp³-hybridized carbons (Fsp3) is 0.143. The van der Waals surface area contributed by atoms with E-state index in [1.165, 1.54) is 23.5 Å². The van der Waals surface area contributed by atoms with E-state index < -0.39 is 4.92 Å². The van der Waals surface area contributed by atoms with Crippen molar-refractivity contribution in [3.8, 4) is 11.1 Å². The average molecular weight is 460 g/mol. The van der Waals surface area contributed by atoms with Crippen molar-refractivity contribution in [3.63, 3.8) is 0 Å². The van der Waals surface area contributed by atoms with Crippen molar-refractivity contribution < 1.29 is 4.92 Å². The number of non-ortho nitro benzene ring substituents is 1. The number of aromatic nitrogens is 2. The number of benzene rings is 2. The normalized spacial score (nSPS) is 11.2. The van der Waals surface area contributed by atoms with Gasteiger partial charge in [-0.05, 0) is 29.7 Å². The van der Waals surface area contributed by atoms with Gasteiger partial charge in [-0.2, -0.15) is 0 Å². The third kappa shape index (κ3) is 3.84. The van der Waals surface area contributed by atoms with Gasteiger partial charge in [-0.1, -0.05) is 48.3 Å². The van der Waals surface area contributed by atoms with Crippen LogP contribution in [0.5, 0.6) is 0 Å². The molecular weight excluding hydrogens is 445 g/mol. The van der Waals surface area contributed by atoms with Crippen LogP contribution in [-0.4, -0.2) is 14.9 Å². The van der Waals surface area contributed by atoms with Gasteiger partial charge in [-0.15, -0.1) is 11.3 Å². The quantitative estimate of drug-likeness (QED) is 0.291. The Balaban J connectivity index is 1.78. The Morgan fingerprint density at radius 1 is 1.13 bits per heavy atom. The van der Waals surface area contributed by atoms with Gasteiger partial charge in [-0.3, -0.25) is 14.9 Å². The van der Waals surface area contributed by atoms with E-state index in [-0.39, 0.29) is 11.2 Å². The maximum atomic E-state index is 13.0. The summed E-state index contributed by atoms with van der Waals surface area (Å²) in [6.07, 6.45) is 1.11. The molecule has 2 aromatic carbocycles. The minimum atomic E-state index is -0.446. The molecule has 2 heterocycles. The maximum absolute atomic E-state index is 13.0. The van der Waals surface area contributed by atoms with Crippen molar-refractivity contribution in [2.24, 2.45) is 0 Å². The highest BCUT2D eigenvalue weighted by Gasteiger charge is 2.19. The third-order valence-electron chi connectivity index (χ3n) is 4.73. The van der Waals surface area contributed by atoms with Crippen LogP contribution in [0.3, 0.4) is 0 Å². The number of thiophene rings is 1. The molecule has 0 saturated heterocycles. The molecule has 6 nitrogen and oxygen atoms in total. The van der Waals surface area contributed by atoms with E-state index in [0.717, 1.165) is 28.0 Å². The van der Waals surface area contributed by atoms with E-state index in [0.29, 0.717) is 32.5 Å². The molecule has 0 saturated carbocycles. The lowest BCUT2D eigenvalue weighted by Crippen LogP contribution is -2.11. The standard InChI is InChI=1S/C21H15Cl2N3O3S/c1-2-16-18(12-5-8-14(22)15(23)10-12)19-20(27)24-17(25-21(19)30-16)9-11-3-6-13(7-4-11)26(28)29/h3-8,10H,2,9H2,1H3,(H,24,25,27). The van der Waals surface area contributed by atoms with Crippen molar-refractivity contribution in [1.29, 1.82) is 0 Å². The zero-order valence-electron chi connectivity index (χ0n) is 15.7. The van der Waals surface area contributed by atoms with Crippen LogP contribution in [0.15, 0.2) is 47.3 Å².